The van der Waals surface area contributed by atoms with E-state index in [1.165, 1.54) is 32.1 Å². The molecule has 0 spiro atoms. The number of carbonyl (C=O) groups excluding carboxylic acids is 2. The first-order chi connectivity index (χ1) is 17.6. The fourth-order valence-corrected chi connectivity index (χ4v) is 5.68. The number of fused-ring (bicyclic) bond motifs is 1. The highest BCUT2D eigenvalue weighted by Crippen LogP contribution is 2.38. The average molecular weight is 511 g/mol. The zero-order chi connectivity index (χ0) is 25.3. The van der Waals surface area contributed by atoms with E-state index in [4.69, 9.17) is 16.3 Å². The van der Waals surface area contributed by atoms with Gasteiger partial charge in [0.05, 0.1) is 23.6 Å². The monoisotopic (exact) mass is 510 g/mol. The minimum atomic E-state index is -0.148. The summed E-state index contributed by atoms with van der Waals surface area (Å²) >= 11 is 6.64. The van der Waals surface area contributed by atoms with Gasteiger partial charge in [-0.05, 0) is 67.9 Å². The molecule has 2 aliphatic rings. The number of amides is 1. The highest BCUT2D eigenvalue weighted by atomic mass is 35.5. The van der Waals surface area contributed by atoms with Crippen LogP contribution in [0.1, 0.15) is 93.0 Å². The van der Waals surface area contributed by atoms with Gasteiger partial charge in [0.15, 0.2) is 0 Å². The summed E-state index contributed by atoms with van der Waals surface area (Å²) in [6.45, 7) is 5.35. The Morgan fingerprint density at radius 3 is 2.53 bits per heavy atom. The van der Waals surface area contributed by atoms with Crippen LogP contribution in [0.5, 0.6) is 0 Å². The predicted octanol–water partition coefficient (Wildman–Crippen LogP) is 7.37. The molecule has 0 aliphatic carbocycles. The van der Waals surface area contributed by atoms with Crippen molar-refractivity contribution in [3.05, 3.63) is 58.6 Å². The van der Waals surface area contributed by atoms with Gasteiger partial charge < -0.3 is 14.5 Å². The van der Waals surface area contributed by atoms with Gasteiger partial charge in [-0.15, -0.1) is 0 Å². The van der Waals surface area contributed by atoms with Crippen molar-refractivity contribution in [1.82, 2.24) is 0 Å². The molecule has 1 fully saturated rings. The third-order valence-electron chi connectivity index (χ3n) is 7.43. The van der Waals surface area contributed by atoms with Crippen molar-refractivity contribution in [3.63, 3.8) is 0 Å². The summed E-state index contributed by atoms with van der Waals surface area (Å²) in [5.41, 5.74) is 3.51. The Labute approximate surface area is 220 Å². The molecule has 0 saturated carbocycles. The third-order valence-corrected chi connectivity index (χ3v) is 7.74. The minimum Gasteiger partial charge on any atom is -0.466 e. The molecule has 0 unspecified atom stereocenters. The number of unbranched alkanes of at least 4 members (excludes halogenated alkanes) is 4. The molecule has 2 aromatic carbocycles. The molecule has 0 aromatic heterocycles. The Hall–Kier alpha value is -2.53. The molecular weight excluding hydrogens is 472 g/mol. The molecule has 4 rings (SSSR count). The normalized spacial score (nSPS) is 17.6. The first-order valence-corrected chi connectivity index (χ1v) is 14.1. The lowest BCUT2D eigenvalue weighted by molar-refractivity contribution is -0.144. The van der Waals surface area contributed by atoms with E-state index in [1.54, 1.807) is 0 Å². The van der Waals surface area contributed by atoms with Crippen LogP contribution in [0.3, 0.4) is 0 Å². The van der Waals surface area contributed by atoms with Gasteiger partial charge >= 0.3 is 5.97 Å². The number of para-hydroxylation sites is 1. The molecule has 1 atom stereocenters. The molecule has 2 aromatic rings. The standard InChI is InChI=1S/C30H39ClN2O3/c1-2-3-4-5-10-20-36-29(34)21-23-12-11-19-33(28-14-7-6-13-25(23)28)30(35)26-16-15-24(22-27(26)31)32-17-8-9-18-32/h6-7,13-16,22-23H,2-5,8-12,17-21H2,1H3/t23-/m1/s1. The van der Waals surface area contributed by atoms with E-state index >= 15 is 0 Å². The number of esters is 1. The fraction of sp³-hybridized carbons (Fsp3) is 0.533. The van der Waals surface area contributed by atoms with Crippen LogP contribution in [-0.2, 0) is 9.53 Å². The number of hydrogen-bond acceptors (Lipinski definition) is 4. The maximum absolute atomic E-state index is 13.7. The van der Waals surface area contributed by atoms with E-state index in [1.807, 2.05) is 47.4 Å². The summed E-state index contributed by atoms with van der Waals surface area (Å²) in [6, 6.07) is 13.8. The lowest BCUT2D eigenvalue weighted by Crippen LogP contribution is -2.32. The van der Waals surface area contributed by atoms with Gasteiger partial charge in [0, 0.05) is 31.0 Å². The Bertz CT molecular complexity index is 1030. The van der Waals surface area contributed by atoms with Crippen LogP contribution in [0.25, 0.3) is 0 Å². The zero-order valence-corrected chi connectivity index (χ0v) is 22.3. The second-order valence-electron chi connectivity index (χ2n) is 10.1. The predicted molar refractivity (Wildman–Crippen MR) is 147 cm³/mol. The summed E-state index contributed by atoms with van der Waals surface area (Å²) in [6.07, 6.45) is 10.0. The number of nitrogens with zero attached hydrogens (tertiary/aromatic N) is 2. The Morgan fingerprint density at radius 1 is 0.972 bits per heavy atom. The molecule has 36 heavy (non-hydrogen) atoms. The lowest BCUT2D eigenvalue weighted by Gasteiger charge is -2.25. The average Bonchev–Trinajstić information content (AvgIpc) is 3.37. The van der Waals surface area contributed by atoms with Crippen molar-refractivity contribution < 1.29 is 14.3 Å². The maximum atomic E-state index is 13.7. The zero-order valence-electron chi connectivity index (χ0n) is 21.5. The van der Waals surface area contributed by atoms with Gasteiger partial charge in [-0.25, -0.2) is 0 Å². The second-order valence-corrected chi connectivity index (χ2v) is 10.5. The number of halogens is 1. The molecule has 6 heteroatoms. The van der Waals surface area contributed by atoms with E-state index in [2.05, 4.69) is 11.8 Å². The number of rotatable bonds is 10. The molecule has 0 radical (unpaired) electrons. The summed E-state index contributed by atoms with van der Waals surface area (Å²) in [5, 5.41) is 0.491. The second kappa shape index (κ2) is 13.1. The Kier molecular flexibility index (Phi) is 9.68. The van der Waals surface area contributed by atoms with Crippen LogP contribution >= 0.6 is 11.6 Å². The maximum Gasteiger partial charge on any atom is 0.306 e. The molecule has 2 aliphatic heterocycles. The van der Waals surface area contributed by atoms with Crippen molar-refractivity contribution in [3.8, 4) is 0 Å². The van der Waals surface area contributed by atoms with Crippen molar-refractivity contribution in [2.24, 2.45) is 0 Å². The third kappa shape index (κ3) is 6.61. The topological polar surface area (TPSA) is 49.9 Å². The molecule has 1 amide bonds. The van der Waals surface area contributed by atoms with Crippen molar-refractivity contribution >= 4 is 34.9 Å². The number of ether oxygens (including phenoxy) is 1. The van der Waals surface area contributed by atoms with E-state index < -0.39 is 0 Å². The molecule has 5 nitrogen and oxygen atoms in total. The molecule has 194 valence electrons. The summed E-state index contributed by atoms with van der Waals surface area (Å²) in [5.74, 6) is -0.194. The summed E-state index contributed by atoms with van der Waals surface area (Å²) in [4.78, 5) is 30.5. The Morgan fingerprint density at radius 2 is 1.75 bits per heavy atom. The van der Waals surface area contributed by atoms with Crippen LogP contribution in [-0.4, -0.2) is 38.1 Å². The minimum absolute atomic E-state index is 0.0413. The number of benzene rings is 2. The molecule has 2 heterocycles. The van der Waals surface area contributed by atoms with Gasteiger partial charge in [0.1, 0.15) is 0 Å². The first-order valence-electron chi connectivity index (χ1n) is 13.7. The van der Waals surface area contributed by atoms with Crippen LogP contribution in [0.2, 0.25) is 5.02 Å². The van der Waals surface area contributed by atoms with Gasteiger partial charge in [0.25, 0.3) is 5.91 Å². The summed E-state index contributed by atoms with van der Waals surface area (Å²) in [7, 11) is 0. The summed E-state index contributed by atoms with van der Waals surface area (Å²) < 4.78 is 5.55. The number of hydrogen-bond donors (Lipinski definition) is 0. The first kappa shape index (κ1) is 26.5. The van der Waals surface area contributed by atoms with Crippen LogP contribution in [0, 0.1) is 0 Å². The largest absolute Gasteiger partial charge is 0.466 e. The van der Waals surface area contributed by atoms with Crippen LogP contribution < -0.4 is 9.80 Å². The highest BCUT2D eigenvalue weighted by molar-refractivity contribution is 6.34. The molecule has 0 bridgehead atoms. The fourth-order valence-electron chi connectivity index (χ4n) is 5.42. The van der Waals surface area contributed by atoms with Crippen LogP contribution in [0.4, 0.5) is 11.4 Å². The van der Waals surface area contributed by atoms with Crippen molar-refractivity contribution in [2.75, 3.05) is 36.0 Å². The quantitative estimate of drug-likeness (QED) is 0.247. The van der Waals surface area contributed by atoms with Crippen molar-refractivity contribution in [2.45, 2.75) is 77.0 Å². The lowest BCUT2D eigenvalue weighted by atomic mass is 9.91. The number of carbonyl (C=O) groups is 2. The SMILES string of the molecule is CCCCCCCOC(=O)C[C@H]1CCCN(C(=O)c2ccc(N3CCCC3)cc2Cl)c2ccccc21. The smallest absolute Gasteiger partial charge is 0.306 e. The Balaban J connectivity index is 1.44. The van der Waals surface area contributed by atoms with Crippen LogP contribution in [0.15, 0.2) is 42.5 Å². The molecular formula is C30H39ClN2O3. The van der Waals surface area contributed by atoms with Gasteiger partial charge in [-0.2, -0.15) is 0 Å². The van der Waals surface area contributed by atoms with Gasteiger partial charge in [0.2, 0.25) is 0 Å². The van der Waals surface area contributed by atoms with E-state index in [-0.39, 0.29) is 17.8 Å². The van der Waals surface area contributed by atoms with E-state index in [0.29, 0.717) is 30.2 Å². The number of anilines is 2. The van der Waals surface area contributed by atoms with Gasteiger partial charge in [-0.1, -0.05) is 62.4 Å². The van der Waals surface area contributed by atoms with Crippen molar-refractivity contribution in [1.29, 1.82) is 0 Å². The molecule has 1 saturated heterocycles. The highest BCUT2D eigenvalue weighted by Gasteiger charge is 2.29. The van der Waals surface area contributed by atoms with Gasteiger partial charge in [-0.3, -0.25) is 9.59 Å². The van der Waals surface area contributed by atoms with E-state index in [9.17, 15) is 9.59 Å². The van der Waals surface area contributed by atoms with E-state index in [0.717, 1.165) is 55.7 Å². The molecule has 0 N–H and O–H groups in total.